The van der Waals surface area contributed by atoms with E-state index in [1.54, 1.807) is 11.3 Å². The number of hydrogen-bond donors (Lipinski definition) is 1. The summed E-state index contributed by atoms with van der Waals surface area (Å²) in [5.74, 6) is 0.720. The summed E-state index contributed by atoms with van der Waals surface area (Å²) in [6.07, 6.45) is 0.993. The van der Waals surface area contributed by atoms with Crippen LogP contribution in [0.1, 0.15) is 16.3 Å². The zero-order chi connectivity index (χ0) is 12.3. The van der Waals surface area contributed by atoms with Gasteiger partial charge in [-0.1, -0.05) is 0 Å². The minimum absolute atomic E-state index is 0.720. The highest BCUT2D eigenvalue weighted by molar-refractivity contribution is 9.11. The maximum Gasteiger partial charge on any atom is 0.223 e. The number of nitrogens with one attached hydrogen (secondary N) is 1. The van der Waals surface area contributed by atoms with Crippen molar-refractivity contribution in [3.8, 4) is 0 Å². The Morgan fingerprint density at radius 3 is 2.53 bits per heavy atom. The lowest BCUT2D eigenvalue weighted by Gasteiger charge is -2.05. The number of aryl methyl sites for hydroxylation is 2. The Morgan fingerprint density at radius 1 is 1.24 bits per heavy atom. The van der Waals surface area contributed by atoms with Gasteiger partial charge in [-0.2, -0.15) is 0 Å². The van der Waals surface area contributed by atoms with Crippen LogP contribution >= 0.6 is 27.3 Å². The normalized spacial score (nSPS) is 10.5. The Bertz CT molecular complexity index is 490. The molecule has 0 saturated heterocycles. The Kier molecular flexibility index (Phi) is 4.12. The van der Waals surface area contributed by atoms with Crippen molar-refractivity contribution in [2.24, 2.45) is 0 Å². The van der Waals surface area contributed by atoms with E-state index in [4.69, 9.17) is 0 Å². The molecule has 0 unspecified atom stereocenters. The van der Waals surface area contributed by atoms with E-state index in [9.17, 15) is 0 Å². The lowest BCUT2D eigenvalue weighted by molar-refractivity contribution is 0.974. The summed E-state index contributed by atoms with van der Waals surface area (Å²) in [5, 5.41) is 3.25. The number of nitrogens with zero attached hydrogens (tertiary/aromatic N) is 2. The van der Waals surface area contributed by atoms with Crippen molar-refractivity contribution < 1.29 is 0 Å². The van der Waals surface area contributed by atoms with Gasteiger partial charge in [0.25, 0.3) is 0 Å². The van der Waals surface area contributed by atoms with Crippen LogP contribution in [-0.2, 0) is 6.42 Å². The van der Waals surface area contributed by atoms with Gasteiger partial charge in [0.2, 0.25) is 5.95 Å². The molecule has 2 rings (SSSR count). The number of anilines is 1. The van der Waals surface area contributed by atoms with E-state index in [1.165, 1.54) is 8.66 Å². The molecule has 2 aromatic rings. The summed E-state index contributed by atoms with van der Waals surface area (Å²) in [5.41, 5.74) is 2.00. The first-order chi connectivity index (χ1) is 8.13. The van der Waals surface area contributed by atoms with Gasteiger partial charge in [-0.05, 0) is 54.4 Å². The summed E-state index contributed by atoms with van der Waals surface area (Å²) >= 11 is 5.23. The molecule has 0 aliphatic carbocycles. The second kappa shape index (κ2) is 5.60. The molecule has 0 atom stereocenters. The van der Waals surface area contributed by atoms with Crippen LogP contribution < -0.4 is 5.32 Å². The molecule has 0 spiro atoms. The van der Waals surface area contributed by atoms with Gasteiger partial charge in [0.1, 0.15) is 0 Å². The molecule has 0 aliphatic rings. The number of aromatic nitrogens is 2. The van der Waals surface area contributed by atoms with Crippen LogP contribution in [0.2, 0.25) is 0 Å². The third kappa shape index (κ3) is 3.78. The van der Waals surface area contributed by atoms with Crippen LogP contribution in [0.3, 0.4) is 0 Å². The second-order valence-electron chi connectivity index (χ2n) is 3.86. The molecule has 1 N–H and O–H groups in total. The van der Waals surface area contributed by atoms with E-state index in [0.29, 0.717) is 0 Å². The highest BCUT2D eigenvalue weighted by Crippen LogP contribution is 2.22. The predicted octanol–water partition coefficient (Wildman–Crippen LogP) is 3.57. The lowest BCUT2D eigenvalue weighted by atomic mass is 10.3. The highest BCUT2D eigenvalue weighted by atomic mass is 79.9. The number of rotatable bonds is 4. The zero-order valence-corrected chi connectivity index (χ0v) is 12.2. The minimum atomic E-state index is 0.720. The smallest absolute Gasteiger partial charge is 0.223 e. The molecule has 17 heavy (non-hydrogen) atoms. The third-order valence-corrected chi connectivity index (χ3v) is 3.95. The van der Waals surface area contributed by atoms with Crippen LogP contribution in [0.15, 0.2) is 22.0 Å². The summed E-state index contributed by atoms with van der Waals surface area (Å²) in [6.45, 7) is 4.82. The van der Waals surface area contributed by atoms with Gasteiger partial charge in [-0.25, -0.2) is 9.97 Å². The van der Waals surface area contributed by atoms with E-state index >= 15 is 0 Å². The van der Waals surface area contributed by atoms with Gasteiger partial charge >= 0.3 is 0 Å². The molecule has 0 fully saturated rings. The summed E-state index contributed by atoms with van der Waals surface area (Å²) in [6, 6.07) is 6.19. The molecule has 2 aromatic heterocycles. The zero-order valence-electron chi connectivity index (χ0n) is 9.83. The fourth-order valence-corrected chi connectivity index (χ4v) is 3.07. The Labute approximate surface area is 113 Å². The van der Waals surface area contributed by atoms with Crippen LogP contribution in [0, 0.1) is 13.8 Å². The molecule has 5 heteroatoms. The Morgan fingerprint density at radius 2 is 1.94 bits per heavy atom. The molecule has 0 aromatic carbocycles. The maximum atomic E-state index is 4.34. The fraction of sp³-hybridized carbons (Fsp3) is 0.333. The van der Waals surface area contributed by atoms with Crippen molar-refractivity contribution in [1.29, 1.82) is 0 Å². The molecule has 0 bridgehead atoms. The number of hydrogen-bond acceptors (Lipinski definition) is 4. The van der Waals surface area contributed by atoms with Gasteiger partial charge in [-0.15, -0.1) is 11.3 Å². The largest absolute Gasteiger partial charge is 0.354 e. The van der Waals surface area contributed by atoms with Gasteiger partial charge in [0.05, 0.1) is 3.79 Å². The molecule has 3 nitrogen and oxygen atoms in total. The molecule has 0 aliphatic heterocycles. The molecule has 0 saturated carbocycles. The first-order valence-electron chi connectivity index (χ1n) is 5.44. The average Bonchev–Trinajstić information content (AvgIpc) is 2.63. The monoisotopic (exact) mass is 311 g/mol. The van der Waals surface area contributed by atoms with Gasteiger partial charge < -0.3 is 5.32 Å². The Hall–Kier alpha value is -0.940. The highest BCUT2D eigenvalue weighted by Gasteiger charge is 2.00. The lowest BCUT2D eigenvalue weighted by Crippen LogP contribution is -2.08. The molecule has 0 radical (unpaired) electrons. The average molecular weight is 312 g/mol. The third-order valence-electron chi connectivity index (χ3n) is 2.27. The van der Waals surface area contributed by atoms with Crippen LogP contribution in [-0.4, -0.2) is 16.5 Å². The van der Waals surface area contributed by atoms with Gasteiger partial charge in [0, 0.05) is 22.8 Å². The van der Waals surface area contributed by atoms with Gasteiger partial charge in [0.15, 0.2) is 0 Å². The van der Waals surface area contributed by atoms with E-state index in [-0.39, 0.29) is 0 Å². The maximum absolute atomic E-state index is 4.34. The van der Waals surface area contributed by atoms with E-state index in [2.05, 4.69) is 43.3 Å². The van der Waals surface area contributed by atoms with E-state index in [1.807, 2.05) is 19.9 Å². The standard InChI is InChI=1S/C12H14BrN3S/c1-8-7-9(2)16-12(15-8)14-6-5-10-3-4-11(13)17-10/h3-4,7H,5-6H2,1-2H3,(H,14,15,16). The van der Waals surface area contributed by atoms with Crippen molar-refractivity contribution >= 4 is 33.2 Å². The van der Waals surface area contributed by atoms with Crippen molar-refractivity contribution in [3.63, 3.8) is 0 Å². The summed E-state index contributed by atoms with van der Waals surface area (Å²) < 4.78 is 1.18. The number of thiophene rings is 1. The van der Waals surface area contributed by atoms with Crippen molar-refractivity contribution in [1.82, 2.24) is 9.97 Å². The Balaban J connectivity index is 1.89. The van der Waals surface area contributed by atoms with Gasteiger partial charge in [-0.3, -0.25) is 0 Å². The molecule has 2 heterocycles. The van der Waals surface area contributed by atoms with Crippen molar-refractivity contribution in [2.75, 3.05) is 11.9 Å². The van der Waals surface area contributed by atoms with Crippen LogP contribution in [0.25, 0.3) is 0 Å². The first-order valence-corrected chi connectivity index (χ1v) is 7.05. The molecular formula is C12H14BrN3S. The van der Waals surface area contributed by atoms with Crippen molar-refractivity contribution in [3.05, 3.63) is 38.3 Å². The fourth-order valence-electron chi connectivity index (χ4n) is 1.59. The molecule has 0 amide bonds. The summed E-state index contributed by atoms with van der Waals surface area (Å²) in [4.78, 5) is 10.0. The quantitative estimate of drug-likeness (QED) is 0.938. The van der Waals surface area contributed by atoms with Crippen molar-refractivity contribution in [2.45, 2.75) is 20.3 Å². The predicted molar refractivity (Wildman–Crippen MR) is 75.7 cm³/mol. The summed E-state index contributed by atoms with van der Waals surface area (Å²) in [7, 11) is 0. The molecule has 90 valence electrons. The topological polar surface area (TPSA) is 37.8 Å². The first kappa shape index (κ1) is 12.5. The minimum Gasteiger partial charge on any atom is -0.354 e. The van der Waals surface area contributed by atoms with E-state index in [0.717, 1.165) is 30.3 Å². The molecular weight excluding hydrogens is 298 g/mol. The second-order valence-corrected chi connectivity index (χ2v) is 6.40. The van der Waals surface area contributed by atoms with Crippen LogP contribution in [0.5, 0.6) is 0 Å². The van der Waals surface area contributed by atoms with E-state index < -0.39 is 0 Å². The number of halogens is 1. The van der Waals surface area contributed by atoms with Crippen LogP contribution in [0.4, 0.5) is 5.95 Å². The SMILES string of the molecule is Cc1cc(C)nc(NCCc2ccc(Br)s2)n1.